The van der Waals surface area contributed by atoms with Crippen molar-refractivity contribution in [3.05, 3.63) is 65.5 Å². The molecule has 6 heteroatoms. The van der Waals surface area contributed by atoms with E-state index in [1.165, 1.54) is 4.90 Å². The standard InChI is InChI=1S/C17H13ClN2O2S/c1-2-9-20-16(21)14(19-17(20)23)10-11-7-8-15(22-11)12-5-3-4-6-13(12)18/h2-8,10H,1,9H2,(H,19,23)/b14-10+. The number of carbonyl (C=O) groups is 1. The second-order valence-corrected chi connectivity index (χ2v) is 5.67. The van der Waals surface area contributed by atoms with Gasteiger partial charge in [0.15, 0.2) is 5.11 Å². The Balaban J connectivity index is 1.87. The van der Waals surface area contributed by atoms with E-state index in [4.69, 9.17) is 28.2 Å². The van der Waals surface area contributed by atoms with Crippen LogP contribution in [0, 0.1) is 0 Å². The third-order valence-electron chi connectivity index (χ3n) is 3.33. The molecule has 1 aromatic carbocycles. The lowest BCUT2D eigenvalue weighted by atomic mass is 10.2. The largest absolute Gasteiger partial charge is 0.457 e. The van der Waals surface area contributed by atoms with Crippen molar-refractivity contribution in [2.24, 2.45) is 0 Å². The molecule has 0 unspecified atom stereocenters. The number of amides is 1. The number of hydrogen-bond donors (Lipinski definition) is 1. The van der Waals surface area contributed by atoms with Gasteiger partial charge in [0, 0.05) is 18.2 Å². The molecule has 0 spiro atoms. The first-order valence-corrected chi connectivity index (χ1v) is 7.69. The number of nitrogens with one attached hydrogen (secondary N) is 1. The van der Waals surface area contributed by atoms with Crippen LogP contribution in [0.5, 0.6) is 0 Å². The Morgan fingerprint density at radius 2 is 2.09 bits per heavy atom. The summed E-state index contributed by atoms with van der Waals surface area (Å²) in [5.41, 5.74) is 1.17. The zero-order valence-electron chi connectivity index (χ0n) is 12.1. The molecular weight excluding hydrogens is 332 g/mol. The number of halogens is 1. The van der Waals surface area contributed by atoms with Gasteiger partial charge in [-0.05, 0) is 36.5 Å². The topological polar surface area (TPSA) is 45.5 Å². The summed E-state index contributed by atoms with van der Waals surface area (Å²) in [6, 6.07) is 11.0. The zero-order valence-corrected chi connectivity index (χ0v) is 13.7. The number of furan rings is 1. The van der Waals surface area contributed by atoms with Crippen molar-refractivity contribution in [2.45, 2.75) is 0 Å². The molecule has 1 amide bonds. The number of benzene rings is 1. The molecule has 4 nitrogen and oxygen atoms in total. The highest BCUT2D eigenvalue weighted by atomic mass is 35.5. The lowest BCUT2D eigenvalue weighted by Gasteiger charge is -2.09. The predicted molar refractivity (Wildman–Crippen MR) is 94.8 cm³/mol. The molecule has 0 saturated carbocycles. The van der Waals surface area contributed by atoms with E-state index in [2.05, 4.69) is 11.9 Å². The number of thiocarbonyl (C=S) groups is 1. The highest BCUT2D eigenvalue weighted by molar-refractivity contribution is 7.80. The van der Waals surface area contributed by atoms with Crippen molar-refractivity contribution in [3.63, 3.8) is 0 Å². The molecule has 2 heterocycles. The molecule has 0 radical (unpaired) electrons. The molecule has 23 heavy (non-hydrogen) atoms. The SMILES string of the molecule is C=CCN1C(=O)/C(=C\c2ccc(-c3ccccc3Cl)o2)NC1=S. The van der Waals surface area contributed by atoms with Crippen LogP contribution in [0.1, 0.15) is 5.76 Å². The van der Waals surface area contributed by atoms with Gasteiger partial charge in [0.2, 0.25) is 0 Å². The van der Waals surface area contributed by atoms with Crippen molar-refractivity contribution in [2.75, 3.05) is 6.54 Å². The first-order chi connectivity index (χ1) is 11.1. The summed E-state index contributed by atoms with van der Waals surface area (Å²) in [4.78, 5) is 13.7. The third-order valence-corrected chi connectivity index (χ3v) is 3.98. The van der Waals surface area contributed by atoms with Gasteiger partial charge in [0.05, 0.1) is 5.02 Å². The second kappa shape index (κ2) is 6.40. The van der Waals surface area contributed by atoms with Gasteiger partial charge in [-0.2, -0.15) is 0 Å². The molecular formula is C17H13ClN2O2S. The fourth-order valence-corrected chi connectivity index (χ4v) is 2.74. The minimum Gasteiger partial charge on any atom is -0.457 e. The molecule has 1 aromatic heterocycles. The summed E-state index contributed by atoms with van der Waals surface area (Å²) in [5, 5.41) is 3.85. The maximum Gasteiger partial charge on any atom is 0.276 e. The van der Waals surface area contributed by atoms with Crippen molar-refractivity contribution >= 4 is 40.9 Å². The van der Waals surface area contributed by atoms with Crippen LogP contribution in [0.3, 0.4) is 0 Å². The Bertz CT molecular complexity index is 826. The molecule has 0 bridgehead atoms. The van der Waals surface area contributed by atoms with Crippen molar-refractivity contribution in [3.8, 4) is 11.3 Å². The van der Waals surface area contributed by atoms with E-state index < -0.39 is 0 Å². The highest BCUT2D eigenvalue weighted by Gasteiger charge is 2.29. The monoisotopic (exact) mass is 344 g/mol. The number of hydrogen-bond acceptors (Lipinski definition) is 3. The second-order valence-electron chi connectivity index (χ2n) is 4.87. The quantitative estimate of drug-likeness (QED) is 0.520. The average Bonchev–Trinajstić information content (AvgIpc) is 3.09. The molecule has 1 fully saturated rings. The first kappa shape index (κ1) is 15.5. The molecule has 116 valence electrons. The number of rotatable bonds is 4. The van der Waals surface area contributed by atoms with Gasteiger partial charge < -0.3 is 9.73 Å². The summed E-state index contributed by atoms with van der Waals surface area (Å²) in [6.45, 7) is 3.98. The smallest absolute Gasteiger partial charge is 0.276 e. The Morgan fingerprint density at radius 1 is 1.30 bits per heavy atom. The molecule has 3 rings (SSSR count). The molecule has 0 aliphatic carbocycles. The van der Waals surface area contributed by atoms with Crippen LogP contribution in [0.2, 0.25) is 5.02 Å². The summed E-state index contributed by atoms with van der Waals surface area (Å²) >= 11 is 11.3. The van der Waals surface area contributed by atoms with Crippen molar-refractivity contribution in [1.29, 1.82) is 0 Å². The predicted octanol–water partition coefficient (Wildman–Crippen LogP) is 3.84. The number of nitrogens with zero attached hydrogens (tertiary/aromatic N) is 1. The van der Waals surface area contributed by atoms with E-state index in [1.807, 2.05) is 24.3 Å². The first-order valence-electron chi connectivity index (χ1n) is 6.90. The molecule has 1 aliphatic rings. The van der Waals surface area contributed by atoms with E-state index in [1.54, 1.807) is 24.3 Å². The fraction of sp³-hybridized carbons (Fsp3) is 0.0588. The molecule has 1 saturated heterocycles. The van der Waals surface area contributed by atoms with Gasteiger partial charge in [-0.25, -0.2) is 0 Å². The lowest BCUT2D eigenvalue weighted by Crippen LogP contribution is -2.30. The van der Waals surface area contributed by atoms with Crippen molar-refractivity contribution < 1.29 is 9.21 Å². The van der Waals surface area contributed by atoms with Gasteiger partial charge >= 0.3 is 0 Å². The van der Waals surface area contributed by atoms with E-state index in [9.17, 15) is 4.79 Å². The molecule has 1 N–H and O–H groups in total. The molecule has 2 aromatic rings. The average molecular weight is 345 g/mol. The Morgan fingerprint density at radius 3 is 2.83 bits per heavy atom. The highest BCUT2D eigenvalue weighted by Crippen LogP contribution is 2.29. The lowest BCUT2D eigenvalue weighted by molar-refractivity contribution is -0.122. The Hall–Kier alpha value is -2.37. The maximum atomic E-state index is 12.2. The van der Waals surface area contributed by atoms with E-state index in [0.717, 1.165) is 5.56 Å². The van der Waals surface area contributed by atoms with Gasteiger partial charge in [-0.1, -0.05) is 29.8 Å². The Labute approximate surface area is 144 Å². The van der Waals surface area contributed by atoms with E-state index in [0.29, 0.717) is 33.9 Å². The van der Waals surface area contributed by atoms with Crippen LogP contribution in [-0.4, -0.2) is 22.5 Å². The van der Waals surface area contributed by atoms with Gasteiger partial charge in [-0.3, -0.25) is 9.69 Å². The van der Waals surface area contributed by atoms with Gasteiger partial charge in [0.25, 0.3) is 5.91 Å². The summed E-state index contributed by atoms with van der Waals surface area (Å²) in [6.07, 6.45) is 3.25. The zero-order chi connectivity index (χ0) is 16.4. The Kier molecular flexibility index (Phi) is 4.32. The van der Waals surface area contributed by atoms with Crippen LogP contribution in [0.4, 0.5) is 0 Å². The minimum absolute atomic E-state index is 0.203. The van der Waals surface area contributed by atoms with E-state index in [-0.39, 0.29) is 5.91 Å². The molecule has 0 atom stereocenters. The fourth-order valence-electron chi connectivity index (χ4n) is 2.24. The summed E-state index contributed by atoms with van der Waals surface area (Å²) in [5.74, 6) is 0.975. The van der Waals surface area contributed by atoms with Gasteiger partial charge in [0.1, 0.15) is 17.2 Å². The van der Waals surface area contributed by atoms with Crippen molar-refractivity contribution in [1.82, 2.24) is 10.2 Å². The van der Waals surface area contributed by atoms with Crippen LogP contribution in [0.25, 0.3) is 17.4 Å². The maximum absolute atomic E-state index is 12.2. The third kappa shape index (κ3) is 3.06. The summed E-state index contributed by atoms with van der Waals surface area (Å²) in [7, 11) is 0. The van der Waals surface area contributed by atoms with Gasteiger partial charge in [-0.15, -0.1) is 6.58 Å². The summed E-state index contributed by atoms with van der Waals surface area (Å²) < 4.78 is 5.76. The minimum atomic E-state index is -0.203. The van der Waals surface area contributed by atoms with E-state index >= 15 is 0 Å². The van der Waals surface area contributed by atoms with Crippen LogP contribution >= 0.6 is 23.8 Å². The van der Waals surface area contributed by atoms with Crippen LogP contribution in [-0.2, 0) is 4.79 Å². The van der Waals surface area contributed by atoms with Crippen LogP contribution in [0.15, 0.2) is 59.2 Å². The molecule has 1 aliphatic heterocycles. The normalized spacial score (nSPS) is 16.0. The number of carbonyl (C=O) groups excluding carboxylic acids is 1. The van der Waals surface area contributed by atoms with Crippen LogP contribution < -0.4 is 5.32 Å².